The average molecular weight is 488 g/mol. The highest BCUT2D eigenvalue weighted by Crippen LogP contribution is 2.25. The Balaban J connectivity index is 1.15. The fourth-order valence-corrected chi connectivity index (χ4v) is 4.29. The van der Waals surface area contributed by atoms with Crippen LogP contribution in [0.3, 0.4) is 0 Å². The normalized spacial score (nSPS) is 14.1. The Bertz CT molecular complexity index is 1620. The highest BCUT2D eigenvalue weighted by Gasteiger charge is 2.27. The molecule has 1 aromatic carbocycles. The number of nitrogens with one attached hydrogen (secondary N) is 1. The number of oxazole rings is 1. The molecule has 182 valence electrons. The minimum Gasteiger partial charge on any atom is -0.423 e. The van der Waals surface area contributed by atoms with Gasteiger partial charge in [-0.25, -0.2) is 18.6 Å². The molecule has 1 aliphatic heterocycles. The highest BCUT2D eigenvalue weighted by molar-refractivity contribution is 5.95. The van der Waals surface area contributed by atoms with E-state index in [1.165, 1.54) is 27.5 Å². The zero-order chi connectivity index (χ0) is 24.8. The molecule has 0 aliphatic carbocycles. The first-order chi connectivity index (χ1) is 17.5. The van der Waals surface area contributed by atoms with Gasteiger partial charge in [0.15, 0.2) is 5.76 Å². The molecule has 1 saturated heterocycles. The lowest BCUT2D eigenvalue weighted by atomic mass is 10.2. The molecule has 36 heavy (non-hydrogen) atoms. The fourth-order valence-electron chi connectivity index (χ4n) is 4.29. The van der Waals surface area contributed by atoms with Crippen molar-refractivity contribution < 1.29 is 13.6 Å². The second-order valence-corrected chi connectivity index (χ2v) is 8.46. The summed E-state index contributed by atoms with van der Waals surface area (Å²) in [5.41, 5.74) is 1.89. The quantitative estimate of drug-likeness (QED) is 0.412. The highest BCUT2D eigenvalue weighted by atomic mass is 19.1. The lowest BCUT2D eigenvalue weighted by Gasteiger charge is -2.33. The molecule has 12 heteroatoms. The molecule has 11 nitrogen and oxygen atoms in total. The largest absolute Gasteiger partial charge is 0.423 e. The molecule has 1 amide bonds. The summed E-state index contributed by atoms with van der Waals surface area (Å²) in [5, 5.41) is 8.68. The van der Waals surface area contributed by atoms with Crippen LogP contribution in [0.15, 0.2) is 64.2 Å². The summed E-state index contributed by atoms with van der Waals surface area (Å²) in [7, 11) is 0. The van der Waals surface area contributed by atoms with Crippen molar-refractivity contribution in [2.24, 2.45) is 0 Å². The van der Waals surface area contributed by atoms with Gasteiger partial charge in [-0.3, -0.25) is 14.6 Å². The van der Waals surface area contributed by atoms with Crippen molar-refractivity contribution in [3.8, 4) is 17.3 Å². The van der Waals surface area contributed by atoms with E-state index in [2.05, 4.69) is 20.2 Å². The van der Waals surface area contributed by atoms with Crippen molar-refractivity contribution >= 4 is 17.4 Å². The third-order valence-corrected chi connectivity index (χ3v) is 6.29. The Morgan fingerprint density at radius 2 is 1.86 bits per heavy atom. The number of benzene rings is 1. The van der Waals surface area contributed by atoms with Crippen LogP contribution in [0.2, 0.25) is 0 Å². The monoisotopic (exact) mass is 488 g/mol. The first-order valence-electron chi connectivity index (χ1n) is 11.4. The predicted molar refractivity (Wildman–Crippen MR) is 128 cm³/mol. The summed E-state index contributed by atoms with van der Waals surface area (Å²) in [4.78, 5) is 36.3. The van der Waals surface area contributed by atoms with E-state index < -0.39 is 0 Å². The number of nitrogens with zero attached hydrogens (tertiary/aromatic N) is 7. The van der Waals surface area contributed by atoms with Crippen LogP contribution in [0, 0.1) is 12.7 Å². The number of H-pyrrole nitrogens is 1. The van der Waals surface area contributed by atoms with Crippen LogP contribution in [-0.2, 0) is 0 Å². The van der Waals surface area contributed by atoms with Gasteiger partial charge in [-0.15, -0.1) is 5.10 Å². The van der Waals surface area contributed by atoms with E-state index in [0.717, 1.165) is 5.56 Å². The topological polar surface area (TPSA) is 118 Å². The van der Waals surface area contributed by atoms with Gasteiger partial charge < -0.3 is 14.2 Å². The van der Waals surface area contributed by atoms with Crippen molar-refractivity contribution in [3.63, 3.8) is 0 Å². The van der Waals surface area contributed by atoms with Gasteiger partial charge in [0.05, 0.1) is 23.7 Å². The summed E-state index contributed by atoms with van der Waals surface area (Å²) < 4.78 is 22.0. The molecule has 0 atom stereocenters. The molecular weight excluding hydrogens is 467 g/mol. The van der Waals surface area contributed by atoms with E-state index in [1.807, 2.05) is 4.90 Å². The maximum atomic E-state index is 13.2. The number of aromatic amines is 1. The van der Waals surface area contributed by atoms with Crippen LogP contribution < -0.4 is 10.5 Å². The van der Waals surface area contributed by atoms with Gasteiger partial charge >= 0.3 is 0 Å². The average Bonchev–Trinajstić information content (AvgIpc) is 3.64. The summed E-state index contributed by atoms with van der Waals surface area (Å²) >= 11 is 0. The summed E-state index contributed by atoms with van der Waals surface area (Å²) in [6.45, 7) is 3.80. The van der Waals surface area contributed by atoms with Crippen molar-refractivity contribution in [3.05, 3.63) is 82.4 Å². The Morgan fingerprint density at radius 1 is 1.08 bits per heavy atom. The van der Waals surface area contributed by atoms with Crippen LogP contribution in [0.4, 0.5) is 10.4 Å². The van der Waals surface area contributed by atoms with Crippen molar-refractivity contribution in [2.45, 2.75) is 6.92 Å². The Hall–Kier alpha value is -4.74. The molecule has 0 spiro atoms. The zero-order valence-corrected chi connectivity index (χ0v) is 19.3. The first-order valence-corrected chi connectivity index (χ1v) is 11.4. The summed E-state index contributed by atoms with van der Waals surface area (Å²) in [6.07, 6.45) is 4.78. The number of amides is 1. The number of halogens is 1. The molecule has 1 aliphatic rings. The van der Waals surface area contributed by atoms with Gasteiger partial charge in [0, 0.05) is 37.9 Å². The van der Waals surface area contributed by atoms with Gasteiger partial charge in [0.2, 0.25) is 5.95 Å². The van der Waals surface area contributed by atoms with E-state index in [1.54, 1.807) is 48.5 Å². The number of rotatable bonds is 4. The van der Waals surface area contributed by atoms with Crippen LogP contribution in [0.5, 0.6) is 0 Å². The maximum absolute atomic E-state index is 13.2. The molecule has 1 N–H and O–H groups in total. The van der Waals surface area contributed by atoms with Crippen LogP contribution in [0.1, 0.15) is 16.1 Å². The molecule has 1 fully saturated rings. The van der Waals surface area contributed by atoms with Crippen molar-refractivity contribution in [2.75, 3.05) is 31.1 Å². The van der Waals surface area contributed by atoms with Gasteiger partial charge in [0.1, 0.15) is 11.3 Å². The number of hydrogen-bond donors (Lipinski definition) is 1. The van der Waals surface area contributed by atoms with Crippen LogP contribution >= 0.6 is 0 Å². The Kier molecular flexibility index (Phi) is 5.13. The van der Waals surface area contributed by atoms with Gasteiger partial charge in [0.25, 0.3) is 17.5 Å². The smallest absolute Gasteiger partial charge is 0.297 e. The van der Waals surface area contributed by atoms with Crippen molar-refractivity contribution in [1.82, 2.24) is 34.3 Å². The number of piperazine rings is 1. The third kappa shape index (κ3) is 3.72. The molecular formula is C24H21FN8O3. The van der Waals surface area contributed by atoms with Gasteiger partial charge in [-0.1, -0.05) is 0 Å². The summed E-state index contributed by atoms with van der Waals surface area (Å²) in [5.74, 6) is 0.316. The molecule has 4 aromatic heterocycles. The molecule has 0 saturated carbocycles. The van der Waals surface area contributed by atoms with E-state index in [4.69, 9.17) is 4.42 Å². The molecule has 0 unspecified atom stereocenters. The zero-order valence-electron chi connectivity index (χ0n) is 19.3. The Morgan fingerprint density at radius 3 is 2.64 bits per heavy atom. The minimum atomic E-state index is -0.313. The second-order valence-electron chi connectivity index (χ2n) is 8.46. The van der Waals surface area contributed by atoms with Gasteiger partial charge in [-0.2, -0.15) is 5.10 Å². The predicted octanol–water partition coefficient (Wildman–Crippen LogP) is 2.27. The van der Waals surface area contributed by atoms with E-state index in [-0.39, 0.29) is 23.2 Å². The number of carbonyl (C=O) groups excluding carboxylic acids is 1. The SMILES string of the molecule is Cc1c(C(=O)N2CCN(c3ncc(-c4ccc(F)cc4)o3)CC2)cnn1-c1nn2cccc2c(=O)[nH]1. The lowest BCUT2D eigenvalue weighted by Crippen LogP contribution is -2.49. The number of carbonyl (C=O) groups is 1. The molecule has 5 aromatic rings. The summed E-state index contributed by atoms with van der Waals surface area (Å²) in [6, 6.07) is 9.88. The minimum absolute atomic E-state index is 0.151. The molecule has 0 bridgehead atoms. The van der Waals surface area contributed by atoms with E-state index in [0.29, 0.717) is 54.7 Å². The third-order valence-electron chi connectivity index (χ3n) is 6.29. The Labute approximate surface area is 203 Å². The number of fused-ring (bicyclic) bond motifs is 1. The van der Waals surface area contributed by atoms with E-state index in [9.17, 15) is 14.0 Å². The van der Waals surface area contributed by atoms with Crippen molar-refractivity contribution in [1.29, 1.82) is 0 Å². The van der Waals surface area contributed by atoms with Crippen LogP contribution in [-0.4, -0.2) is 66.3 Å². The van der Waals surface area contributed by atoms with Gasteiger partial charge in [-0.05, 0) is 43.3 Å². The fraction of sp³-hybridized carbons (Fsp3) is 0.208. The molecule has 5 heterocycles. The maximum Gasteiger partial charge on any atom is 0.297 e. The van der Waals surface area contributed by atoms with Crippen LogP contribution in [0.25, 0.3) is 22.8 Å². The number of anilines is 1. The second kappa shape index (κ2) is 8.48. The lowest BCUT2D eigenvalue weighted by molar-refractivity contribution is 0.0744. The number of aromatic nitrogens is 6. The first kappa shape index (κ1) is 21.8. The number of hydrogen-bond acceptors (Lipinski definition) is 7. The van der Waals surface area contributed by atoms with E-state index >= 15 is 0 Å². The molecule has 6 rings (SSSR count). The molecule has 0 radical (unpaired) electrons. The standard InChI is InChI=1S/C24H21FN8O3/c1-15-18(13-27-33(15)23-28-21(34)19-3-2-8-32(19)29-23)22(35)30-9-11-31(12-10-30)24-26-14-20(36-24)16-4-6-17(25)7-5-16/h2-8,13-14H,9-12H2,1H3,(H,28,29,34).